The van der Waals surface area contributed by atoms with Crippen LogP contribution in [0.25, 0.3) is 22.0 Å². The molecule has 0 saturated heterocycles. The number of carboxylic acids is 2. The van der Waals surface area contributed by atoms with E-state index in [1.54, 1.807) is 45.9 Å². The lowest BCUT2D eigenvalue weighted by Gasteiger charge is -2.28. The fraction of sp³-hybridized carbons (Fsp3) is 0.310. The van der Waals surface area contributed by atoms with E-state index < -0.39 is 58.9 Å². The fourth-order valence-corrected chi connectivity index (χ4v) is 6.11. The van der Waals surface area contributed by atoms with Crippen molar-refractivity contribution in [3.63, 3.8) is 0 Å². The number of nitrogens with zero attached hydrogens (tertiary/aromatic N) is 4. The van der Waals surface area contributed by atoms with Crippen molar-refractivity contribution in [2.24, 2.45) is 0 Å². The van der Waals surface area contributed by atoms with Gasteiger partial charge in [-0.3, -0.25) is 9.59 Å². The third-order valence-electron chi connectivity index (χ3n) is 9.58. The quantitative estimate of drug-likeness (QED) is 0.0731. The minimum Gasteiger partial charge on any atom is -0.479 e. The van der Waals surface area contributed by atoms with Crippen molar-refractivity contribution in [3.8, 4) is 11.1 Å². The van der Waals surface area contributed by atoms with Gasteiger partial charge in [0.2, 0.25) is 5.91 Å². The summed E-state index contributed by atoms with van der Waals surface area (Å²) in [5.74, 6) is -7.06. The number of aromatic nitrogens is 2. The third-order valence-corrected chi connectivity index (χ3v) is 9.58. The summed E-state index contributed by atoms with van der Waals surface area (Å²) in [7, 11) is 0. The van der Waals surface area contributed by atoms with Crippen LogP contribution in [0, 0.1) is 17.5 Å². The zero-order valence-corrected chi connectivity index (χ0v) is 32.4. The highest BCUT2D eigenvalue weighted by Gasteiger charge is 2.30. The van der Waals surface area contributed by atoms with Gasteiger partial charge >= 0.3 is 18.1 Å². The Bertz CT molecular complexity index is 2320. The molecule has 0 aliphatic carbocycles. The summed E-state index contributed by atoms with van der Waals surface area (Å²) >= 11 is 0. The van der Waals surface area contributed by atoms with Crippen LogP contribution in [-0.4, -0.2) is 96.0 Å². The second-order valence-electron chi connectivity index (χ2n) is 13.5. The van der Waals surface area contributed by atoms with Crippen molar-refractivity contribution in [3.05, 3.63) is 135 Å². The predicted molar refractivity (Wildman–Crippen MR) is 207 cm³/mol. The van der Waals surface area contributed by atoms with Crippen molar-refractivity contribution >= 4 is 28.7 Å². The molecule has 60 heavy (non-hydrogen) atoms. The largest absolute Gasteiger partial charge is 0.479 e. The van der Waals surface area contributed by atoms with Crippen LogP contribution in [0.15, 0.2) is 89.7 Å². The van der Waals surface area contributed by atoms with Gasteiger partial charge in [0, 0.05) is 32.1 Å². The maximum Gasteiger partial charge on any atom is 0.416 e. The first-order valence-corrected chi connectivity index (χ1v) is 18.5. The Labute approximate surface area is 339 Å². The molecule has 5 aromatic rings. The second kappa shape index (κ2) is 20.7. The van der Waals surface area contributed by atoms with Gasteiger partial charge in [-0.05, 0) is 72.1 Å². The Morgan fingerprint density at radius 3 is 1.85 bits per heavy atom. The van der Waals surface area contributed by atoms with Gasteiger partial charge in [0.15, 0.2) is 23.8 Å². The molecular weight excluding hydrogens is 802 g/mol. The molecule has 0 aliphatic heterocycles. The van der Waals surface area contributed by atoms with Crippen LogP contribution < -0.4 is 5.56 Å². The van der Waals surface area contributed by atoms with Crippen molar-refractivity contribution in [2.45, 2.75) is 58.2 Å². The molecule has 5 rings (SSSR count). The van der Waals surface area contributed by atoms with E-state index in [4.69, 9.17) is 20.4 Å². The van der Waals surface area contributed by atoms with E-state index in [1.807, 2.05) is 26.0 Å². The van der Waals surface area contributed by atoms with Crippen LogP contribution in [0.5, 0.6) is 0 Å². The van der Waals surface area contributed by atoms with Gasteiger partial charge in [-0.25, -0.2) is 22.8 Å². The zero-order valence-electron chi connectivity index (χ0n) is 32.4. The Balaban J connectivity index is 0.000000703. The Hall–Kier alpha value is -6.11. The number of aliphatic carboxylic acids is 2. The number of rotatable bonds is 16. The number of likely N-dealkylation sites (N-methyl/N-ethyl adjacent to an activating group) is 1. The molecule has 2 atom stereocenters. The number of aliphatic hydroxyl groups is 2. The smallest absolute Gasteiger partial charge is 0.416 e. The van der Waals surface area contributed by atoms with Crippen molar-refractivity contribution in [1.29, 1.82) is 0 Å². The van der Waals surface area contributed by atoms with Gasteiger partial charge in [0.05, 0.1) is 16.5 Å². The lowest BCUT2D eigenvalue weighted by Crippen LogP contribution is -2.40. The topological polar surface area (TPSA) is 174 Å². The highest BCUT2D eigenvalue weighted by Crippen LogP contribution is 2.31. The summed E-state index contributed by atoms with van der Waals surface area (Å²) in [5, 5.41) is 32.8. The second-order valence-corrected chi connectivity index (χ2v) is 13.5. The summed E-state index contributed by atoms with van der Waals surface area (Å²) in [4.78, 5) is 54.7. The first-order chi connectivity index (χ1) is 28.3. The van der Waals surface area contributed by atoms with Gasteiger partial charge < -0.3 is 34.8 Å². The summed E-state index contributed by atoms with van der Waals surface area (Å²) < 4.78 is 82.6. The molecule has 12 nitrogen and oxygen atoms in total. The van der Waals surface area contributed by atoms with E-state index >= 15 is 0 Å². The molecule has 18 heteroatoms. The molecule has 0 spiro atoms. The molecule has 4 N–H and O–H groups in total. The highest BCUT2D eigenvalue weighted by molar-refractivity contribution is 5.83. The van der Waals surface area contributed by atoms with Crippen molar-refractivity contribution < 1.29 is 61.2 Å². The molecule has 0 saturated carbocycles. The maximum atomic E-state index is 14.5. The molecular formula is C42H42F6N4O8. The number of amides is 1. The average Bonchev–Trinajstić information content (AvgIpc) is 3.22. The number of hydrogen-bond donors (Lipinski definition) is 4. The summed E-state index contributed by atoms with van der Waals surface area (Å²) in [5.41, 5.74) is 1.23. The van der Waals surface area contributed by atoms with Crippen LogP contribution in [0.2, 0.25) is 0 Å². The zero-order chi connectivity index (χ0) is 44.3. The van der Waals surface area contributed by atoms with E-state index in [1.165, 1.54) is 12.1 Å². The number of benzene rings is 4. The van der Waals surface area contributed by atoms with Gasteiger partial charge in [-0.15, -0.1) is 0 Å². The number of aliphatic hydroxyl groups excluding tert-OH is 2. The molecule has 0 radical (unpaired) electrons. The Morgan fingerprint density at radius 2 is 1.30 bits per heavy atom. The number of carboxylic acid groups (broad SMARTS) is 2. The normalized spacial score (nSPS) is 12.4. The minimum atomic E-state index is -4.43. The molecule has 0 fully saturated rings. The van der Waals surface area contributed by atoms with Gasteiger partial charge in [-0.2, -0.15) is 18.2 Å². The Morgan fingerprint density at radius 1 is 0.750 bits per heavy atom. The molecule has 1 aromatic heterocycles. The van der Waals surface area contributed by atoms with Crippen molar-refractivity contribution in [1.82, 2.24) is 19.4 Å². The standard InChI is InChI=1S/C38H36F6N4O2.C4H6O6/c1-3-46(4-2)19-20-47(23-25-9-11-26(12-10-25)27-13-16-29(17-14-27)38(42,43)44)36(49)24-48-34-8-6-5-7-30(34)37(50)45-35(48)18-15-28-21-32(40)33(41)22-31(28)39;5-1(3(7)8)2(6)4(9)10/h5-14,16-17,21-22H,3-4,15,18-20,23-24H2,1-2H3;1-2,5-6H,(H,7,8)(H,9,10). The number of carbonyl (C=O) groups excluding carboxylic acids is 1. The molecule has 0 aliphatic rings. The number of fused-ring (bicyclic) bond motifs is 1. The first-order valence-electron chi connectivity index (χ1n) is 18.5. The van der Waals surface area contributed by atoms with Crippen LogP contribution >= 0.6 is 0 Å². The number of halogens is 6. The molecule has 0 bridgehead atoms. The van der Waals surface area contributed by atoms with Crippen LogP contribution in [-0.2, 0) is 46.5 Å². The Kier molecular flexibility index (Phi) is 16.1. The van der Waals surface area contributed by atoms with Gasteiger partial charge in [0.1, 0.15) is 18.2 Å². The van der Waals surface area contributed by atoms with Crippen LogP contribution in [0.4, 0.5) is 26.3 Å². The van der Waals surface area contributed by atoms with Gasteiger partial charge in [0.25, 0.3) is 5.56 Å². The maximum absolute atomic E-state index is 14.5. The monoisotopic (exact) mass is 844 g/mol. The number of alkyl halides is 3. The molecule has 1 amide bonds. The van der Waals surface area contributed by atoms with E-state index in [-0.39, 0.29) is 48.6 Å². The summed E-state index contributed by atoms with van der Waals surface area (Å²) in [6, 6.07) is 20.1. The average molecular weight is 845 g/mol. The van der Waals surface area contributed by atoms with E-state index in [9.17, 15) is 45.5 Å². The first kappa shape index (κ1) is 46.6. The van der Waals surface area contributed by atoms with Crippen molar-refractivity contribution in [2.75, 3.05) is 26.2 Å². The molecule has 1 heterocycles. The predicted octanol–water partition coefficient (Wildman–Crippen LogP) is 5.53. The third kappa shape index (κ3) is 12.2. The lowest BCUT2D eigenvalue weighted by atomic mass is 10.0. The molecule has 2 unspecified atom stereocenters. The lowest BCUT2D eigenvalue weighted by molar-refractivity contribution is -0.165. The highest BCUT2D eigenvalue weighted by atomic mass is 19.4. The number of para-hydroxylation sites is 1. The van der Waals surface area contributed by atoms with Crippen LogP contribution in [0.3, 0.4) is 0 Å². The van der Waals surface area contributed by atoms with Crippen LogP contribution in [0.1, 0.15) is 36.4 Å². The summed E-state index contributed by atoms with van der Waals surface area (Å²) in [6.07, 6.45) is -9.09. The number of carbonyl (C=O) groups is 3. The SMILES string of the molecule is CCN(CC)CCN(Cc1ccc(-c2ccc(C(F)(F)F)cc2)cc1)C(=O)Cn1c(CCc2cc(F)c(F)cc2F)nc(=O)c2ccccc21.O=C(O)C(O)C(O)C(=O)O. The molecule has 4 aromatic carbocycles. The number of aryl methyl sites for hydroxylation is 2. The summed E-state index contributed by atoms with van der Waals surface area (Å²) in [6.45, 7) is 6.60. The number of hydrogen-bond acceptors (Lipinski definition) is 8. The fourth-order valence-electron chi connectivity index (χ4n) is 6.11. The van der Waals surface area contributed by atoms with E-state index in [0.29, 0.717) is 30.2 Å². The van der Waals surface area contributed by atoms with E-state index in [2.05, 4.69) is 9.88 Å². The van der Waals surface area contributed by atoms with E-state index in [0.717, 1.165) is 42.4 Å². The minimum absolute atomic E-state index is 0.0276. The molecule has 320 valence electrons. The van der Waals surface area contributed by atoms with Gasteiger partial charge in [-0.1, -0.05) is 62.4 Å².